The summed E-state index contributed by atoms with van der Waals surface area (Å²) in [7, 11) is 3.40. The van der Waals surface area contributed by atoms with Gasteiger partial charge in [0, 0.05) is 30.6 Å². The number of likely N-dealkylation sites (tertiary alicyclic amines) is 1. The number of hydrogen-bond donors (Lipinski definition) is 0. The van der Waals surface area contributed by atoms with Crippen molar-refractivity contribution in [3.63, 3.8) is 0 Å². The maximum absolute atomic E-state index is 9.67. The second kappa shape index (κ2) is 13.9. The van der Waals surface area contributed by atoms with Crippen LogP contribution in [-0.4, -0.2) is 43.9 Å². The number of alkyl halides is 3. The van der Waals surface area contributed by atoms with Crippen LogP contribution in [0.25, 0.3) is 0 Å². The Balaban J connectivity index is 0.000000299. The Bertz CT molecular complexity index is 580. The van der Waals surface area contributed by atoms with Crippen LogP contribution in [0.2, 0.25) is 0 Å². The second-order valence-corrected chi connectivity index (χ2v) is 5.79. The number of methoxy groups -OCH3 is 2. The van der Waals surface area contributed by atoms with E-state index in [1.807, 2.05) is 30.3 Å². The summed E-state index contributed by atoms with van der Waals surface area (Å²) in [6, 6.07) is 11.8. The maximum atomic E-state index is 9.67. The van der Waals surface area contributed by atoms with Crippen molar-refractivity contribution in [1.82, 2.24) is 9.88 Å². The van der Waals surface area contributed by atoms with Gasteiger partial charge in [-0.2, -0.15) is 13.2 Å². The summed E-state index contributed by atoms with van der Waals surface area (Å²) >= 11 is 0. The van der Waals surface area contributed by atoms with Gasteiger partial charge in [-0.05, 0) is 44.1 Å². The first-order valence-electron chi connectivity index (χ1n) is 8.77. The van der Waals surface area contributed by atoms with E-state index >= 15 is 0 Å². The van der Waals surface area contributed by atoms with E-state index in [2.05, 4.69) is 16.0 Å². The summed E-state index contributed by atoms with van der Waals surface area (Å²) in [6.07, 6.45) is 7.51. The Morgan fingerprint density at radius 1 is 0.963 bits per heavy atom. The lowest BCUT2D eigenvalue weighted by molar-refractivity contribution is 0.00819. The molecule has 0 unspecified atom stereocenters. The molecule has 1 aromatic heterocycles. The molecule has 0 bridgehead atoms. The summed E-state index contributed by atoms with van der Waals surface area (Å²) in [6.45, 7) is -0.280. The average molecular weight is 384 g/mol. The number of benzene rings is 1. The van der Waals surface area contributed by atoms with Crippen LogP contribution in [-0.2, 0) is 6.54 Å². The van der Waals surface area contributed by atoms with Crippen molar-refractivity contribution in [2.45, 2.75) is 32.5 Å². The molecule has 0 saturated carbocycles. The van der Waals surface area contributed by atoms with Gasteiger partial charge in [0.1, 0.15) is 11.5 Å². The van der Waals surface area contributed by atoms with Crippen molar-refractivity contribution >= 4 is 0 Å². The van der Waals surface area contributed by atoms with Gasteiger partial charge in [0.05, 0.1) is 14.2 Å². The molecular weight excluding hydrogens is 357 g/mol. The van der Waals surface area contributed by atoms with Gasteiger partial charge >= 0.3 is 6.68 Å². The van der Waals surface area contributed by atoms with E-state index in [0.717, 1.165) is 18.0 Å². The molecule has 0 amide bonds. The third-order valence-electron chi connectivity index (χ3n) is 3.90. The molecule has 0 spiro atoms. The highest BCUT2D eigenvalue weighted by molar-refractivity contribution is 5.40. The molecule has 1 fully saturated rings. The third kappa shape index (κ3) is 10.5. The molecule has 0 atom stereocenters. The zero-order valence-electron chi connectivity index (χ0n) is 15.8. The highest BCUT2D eigenvalue weighted by atomic mass is 19.4. The van der Waals surface area contributed by atoms with Gasteiger partial charge in [-0.25, -0.2) is 0 Å². The Morgan fingerprint density at radius 2 is 1.59 bits per heavy atom. The zero-order valence-corrected chi connectivity index (χ0v) is 15.8. The van der Waals surface area contributed by atoms with Crippen LogP contribution >= 0.6 is 0 Å². The summed E-state index contributed by atoms with van der Waals surface area (Å²) < 4.78 is 39.6. The van der Waals surface area contributed by atoms with Crippen LogP contribution < -0.4 is 9.47 Å². The summed E-state index contributed by atoms with van der Waals surface area (Å²) in [5, 5.41) is 0. The molecule has 27 heavy (non-hydrogen) atoms. The monoisotopic (exact) mass is 384 g/mol. The molecule has 0 radical (unpaired) electrons. The van der Waals surface area contributed by atoms with Crippen LogP contribution in [0.4, 0.5) is 13.2 Å². The normalized spacial score (nSPS) is 13.7. The van der Waals surface area contributed by atoms with Crippen LogP contribution in [0.15, 0.2) is 48.8 Å². The minimum Gasteiger partial charge on any atom is -0.497 e. The first-order valence-corrected chi connectivity index (χ1v) is 8.77. The van der Waals surface area contributed by atoms with Crippen LogP contribution in [0, 0.1) is 0 Å². The molecule has 1 aromatic carbocycles. The molecule has 1 aliphatic rings. The Kier molecular flexibility index (Phi) is 11.7. The van der Waals surface area contributed by atoms with E-state index in [1.165, 1.54) is 37.9 Å². The molecule has 7 heteroatoms. The topological polar surface area (TPSA) is 34.6 Å². The van der Waals surface area contributed by atoms with Crippen molar-refractivity contribution in [2.75, 3.05) is 27.3 Å². The number of nitrogens with zero attached hydrogens (tertiary/aromatic N) is 2. The van der Waals surface area contributed by atoms with Gasteiger partial charge in [-0.3, -0.25) is 9.88 Å². The molecule has 2 heterocycles. The van der Waals surface area contributed by atoms with Gasteiger partial charge in [-0.15, -0.1) is 0 Å². The number of hydrogen-bond acceptors (Lipinski definition) is 4. The lowest BCUT2D eigenvalue weighted by atomic mass is 10.1. The lowest BCUT2D eigenvalue weighted by Crippen LogP contribution is -2.29. The zero-order chi connectivity index (χ0) is 19.9. The highest BCUT2D eigenvalue weighted by Crippen LogP contribution is 2.26. The fourth-order valence-electron chi connectivity index (χ4n) is 2.65. The number of halogens is 3. The standard InChI is InChI=1S/C14H21NO2.C5H5N.CHF3/c1-16-13-7-6-12(14(10-13)17-2)11-15-8-4-3-5-9-15;1-2-4-6-5-3-1;2-1(3)4/h6-7,10H,3-5,8-9,11H2,1-2H3;1-5H;1H. The average Bonchev–Trinajstić information content (AvgIpc) is 2.70. The number of aromatic nitrogens is 1. The minimum absolute atomic E-state index is 0.851. The smallest absolute Gasteiger partial charge is 0.379 e. The van der Waals surface area contributed by atoms with Crippen LogP contribution in [0.5, 0.6) is 11.5 Å². The van der Waals surface area contributed by atoms with Crippen LogP contribution in [0.3, 0.4) is 0 Å². The molecule has 2 aromatic rings. The van der Waals surface area contributed by atoms with E-state index in [1.54, 1.807) is 26.6 Å². The predicted octanol–water partition coefficient (Wildman–Crippen LogP) is 4.95. The number of rotatable bonds is 4. The molecule has 3 rings (SSSR count). The molecule has 1 aliphatic heterocycles. The largest absolute Gasteiger partial charge is 0.497 e. The van der Waals surface area contributed by atoms with Gasteiger partial charge < -0.3 is 9.47 Å². The molecular formula is C20H27F3N2O2. The van der Waals surface area contributed by atoms with E-state index in [-0.39, 0.29) is 0 Å². The van der Waals surface area contributed by atoms with E-state index in [4.69, 9.17) is 9.47 Å². The molecule has 4 nitrogen and oxygen atoms in total. The maximum Gasteiger partial charge on any atom is 0.379 e. The number of ether oxygens (including phenoxy) is 2. The second-order valence-electron chi connectivity index (χ2n) is 5.79. The van der Waals surface area contributed by atoms with E-state index < -0.39 is 6.68 Å². The van der Waals surface area contributed by atoms with Crippen molar-refractivity contribution in [3.8, 4) is 11.5 Å². The Morgan fingerprint density at radius 3 is 2.04 bits per heavy atom. The van der Waals surface area contributed by atoms with Crippen LogP contribution in [0.1, 0.15) is 24.8 Å². The molecule has 150 valence electrons. The highest BCUT2D eigenvalue weighted by Gasteiger charge is 2.13. The number of piperidine rings is 1. The summed E-state index contributed by atoms with van der Waals surface area (Å²) in [5.41, 5.74) is 1.25. The number of pyridine rings is 1. The van der Waals surface area contributed by atoms with Gasteiger partial charge in [0.2, 0.25) is 0 Å². The fraction of sp³-hybridized carbons (Fsp3) is 0.450. The van der Waals surface area contributed by atoms with Crippen molar-refractivity contribution in [1.29, 1.82) is 0 Å². The van der Waals surface area contributed by atoms with Gasteiger partial charge in [0.15, 0.2) is 0 Å². The third-order valence-corrected chi connectivity index (χ3v) is 3.90. The van der Waals surface area contributed by atoms with Crippen molar-refractivity contribution < 1.29 is 22.6 Å². The molecule has 1 saturated heterocycles. The quantitative estimate of drug-likeness (QED) is 0.747. The van der Waals surface area contributed by atoms with Gasteiger partial charge in [-0.1, -0.05) is 18.6 Å². The summed E-state index contributed by atoms with van der Waals surface area (Å²) in [4.78, 5) is 6.28. The van der Waals surface area contributed by atoms with E-state index in [0.29, 0.717) is 0 Å². The lowest BCUT2D eigenvalue weighted by Gasteiger charge is -2.27. The van der Waals surface area contributed by atoms with Crippen molar-refractivity contribution in [2.24, 2.45) is 0 Å². The summed E-state index contributed by atoms with van der Waals surface area (Å²) in [5.74, 6) is 1.78. The fourth-order valence-corrected chi connectivity index (χ4v) is 2.65. The Hall–Kier alpha value is -2.28. The molecule has 0 aliphatic carbocycles. The molecule has 0 N–H and O–H groups in total. The van der Waals surface area contributed by atoms with Crippen molar-refractivity contribution in [3.05, 3.63) is 54.4 Å². The Labute approximate surface area is 158 Å². The first-order chi connectivity index (χ1) is 13.1. The first kappa shape index (κ1) is 22.8. The van der Waals surface area contributed by atoms with Gasteiger partial charge in [0.25, 0.3) is 0 Å². The minimum atomic E-state index is -3.67. The SMILES string of the molecule is COc1ccc(CN2CCCCC2)c(OC)c1.FC(F)F.c1ccncc1. The predicted molar refractivity (Wildman–Crippen MR) is 100 cm³/mol. The van der Waals surface area contributed by atoms with E-state index in [9.17, 15) is 13.2 Å².